The zero-order chi connectivity index (χ0) is 10.4. The Morgan fingerprint density at radius 2 is 1.86 bits per heavy atom. The molecule has 0 radical (unpaired) electrons. The van der Waals surface area contributed by atoms with Crippen LogP contribution in [0.2, 0.25) is 0 Å². The second kappa shape index (κ2) is 5.75. The molecular weight excluding hydrogens is 178 g/mol. The zero-order valence-corrected chi connectivity index (χ0v) is 8.99. The summed E-state index contributed by atoms with van der Waals surface area (Å²) in [7, 11) is 0. The Labute approximate surface area is 84.9 Å². The molecule has 80 valence electrons. The van der Waals surface area contributed by atoms with Crippen molar-refractivity contribution in [3.8, 4) is 0 Å². The maximum Gasteiger partial charge on any atom is 0.230 e. The highest BCUT2D eigenvalue weighted by molar-refractivity contribution is 4.90. The van der Waals surface area contributed by atoms with Crippen LogP contribution in [-0.2, 0) is 6.54 Å². The highest BCUT2D eigenvalue weighted by atomic mass is 16.4. The van der Waals surface area contributed by atoms with Gasteiger partial charge in [0.25, 0.3) is 0 Å². The predicted molar refractivity (Wildman–Crippen MR) is 54.7 cm³/mol. The molecule has 1 rings (SSSR count). The molecule has 1 aromatic rings. The Morgan fingerprint density at radius 3 is 2.29 bits per heavy atom. The number of nitrogens with zero attached hydrogens (tertiary/aromatic N) is 2. The summed E-state index contributed by atoms with van der Waals surface area (Å²) in [6.07, 6.45) is 4.51. The molecule has 0 saturated heterocycles. The van der Waals surface area contributed by atoms with Crippen LogP contribution in [0.3, 0.4) is 0 Å². The SMILES string of the molecule is CCCC(CCC)c1nnc(CN)o1. The van der Waals surface area contributed by atoms with Crippen LogP contribution in [0.25, 0.3) is 0 Å². The lowest BCUT2D eigenvalue weighted by molar-refractivity contribution is 0.389. The first kappa shape index (κ1) is 11.2. The molecule has 0 aliphatic carbocycles. The summed E-state index contributed by atoms with van der Waals surface area (Å²) in [6, 6.07) is 0. The van der Waals surface area contributed by atoms with Gasteiger partial charge in [-0.2, -0.15) is 0 Å². The lowest BCUT2D eigenvalue weighted by atomic mass is 9.98. The lowest BCUT2D eigenvalue weighted by Crippen LogP contribution is -1.98. The summed E-state index contributed by atoms with van der Waals surface area (Å²) in [4.78, 5) is 0. The summed E-state index contributed by atoms with van der Waals surface area (Å²) < 4.78 is 5.45. The van der Waals surface area contributed by atoms with E-state index >= 15 is 0 Å². The average Bonchev–Trinajstić information content (AvgIpc) is 2.65. The number of rotatable bonds is 6. The molecule has 0 saturated carbocycles. The van der Waals surface area contributed by atoms with Gasteiger partial charge in [0.2, 0.25) is 11.8 Å². The van der Waals surface area contributed by atoms with Gasteiger partial charge in [-0.1, -0.05) is 26.7 Å². The molecule has 1 aromatic heterocycles. The van der Waals surface area contributed by atoms with Gasteiger partial charge in [0.1, 0.15) is 0 Å². The van der Waals surface area contributed by atoms with Gasteiger partial charge < -0.3 is 10.2 Å². The van der Waals surface area contributed by atoms with Gasteiger partial charge >= 0.3 is 0 Å². The van der Waals surface area contributed by atoms with Gasteiger partial charge in [-0.3, -0.25) is 0 Å². The normalized spacial score (nSPS) is 11.1. The molecule has 0 aromatic carbocycles. The maximum absolute atomic E-state index is 5.45. The fourth-order valence-electron chi connectivity index (χ4n) is 1.60. The molecule has 2 N–H and O–H groups in total. The van der Waals surface area contributed by atoms with Crippen molar-refractivity contribution in [3.63, 3.8) is 0 Å². The van der Waals surface area contributed by atoms with E-state index in [1.165, 1.54) is 0 Å². The lowest BCUT2D eigenvalue weighted by Gasteiger charge is -2.09. The van der Waals surface area contributed by atoms with Crippen molar-refractivity contribution in [2.75, 3.05) is 0 Å². The van der Waals surface area contributed by atoms with Gasteiger partial charge in [-0.05, 0) is 12.8 Å². The highest BCUT2D eigenvalue weighted by Crippen LogP contribution is 2.24. The van der Waals surface area contributed by atoms with Crippen LogP contribution in [-0.4, -0.2) is 10.2 Å². The van der Waals surface area contributed by atoms with Crippen LogP contribution in [0.5, 0.6) is 0 Å². The van der Waals surface area contributed by atoms with Crippen molar-refractivity contribution in [1.29, 1.82) is 0 Å². The van der Waals surface area contributed by atoms with E-state index in [4.69, 9.17) is 10.2 Å². The summed E-state index contributed by atoms with van der Waals surface area (Å²) in [5.74, 6) is 1.71. The summed E-state index contributed by atoms with van der Waals surface area (Å²) in [5, 5.41) is 7.91. The van der Waals surface area contributed by atoms with E-state index in [0.29, 0.717) is 18.4 Å². The second-order valence-electron chi connectivity index (χ2n) is 3.51. The van der Waals surface area contributed by atoms with Gasteiger partial charge in [-0.15, -0.1) is 10.2 Å². The molecule has 0 fully saturated rings. The van der Waals surface area contributed by atoms with Gasteiger partial charge in [0, 0.05) is 5.92 Å². The molecule has 0 atom stereocenters. The maximum atomic E-state index is 5.45. The molecule has 0 spiro atoms. The van der Waals surface area contributed by atoms with E-state index in [2.05, 4.69) is 24.0 Å². The minimum Gasteiger partial charge on any atom is -0.424 e. The van der Waals surface area contributed by atoms with E-state index in [1.54, 1.807) is 0 Å². The van der Waals surface area contributed by atoms with Crippen LogP contribution in [0.15, 0.2) is 4.42 Å². The summed E-state index contributed by atoms with van der Waals surface area (Å²) in [6.45, 7) is 4.67. The van der Waals surface area contributed by atoms with Crippen molar-refractivity contribution in [2.24, 2.45) is 5.73 Å². The van der Waals surface area contributed by atoms with Crippen LogP contribution >= 0.6 is 0 Å². The standard InChI is InChI=1S/C10H19N3O/c1-3-5-8(6-4-2)10-13-12-9(7-11)14-10/h8H,3-7,11H2,1-2H3. The highest BCUT2D eigenvalue weighted by Gasteiger charge is 2.16. The minimum absolute atomic E-state index is 0.331. The van der Waals surface area contributed by atoms with E-state index in [1.807, 2.05) is 0 Å². The van der Waals surface area contributed by atoms with E-state index in [-0.39, 0.29) is 0 Å². The minimum atomic E-state index is 0.331. The smallest absolute Gasteiger partial charge is 0.230 e. The Hall–Kier alpha value is -0.900. The van der Waals surface area contributed by atoms with Gasteiger partial charge in [0.15, 0.2) is 0 Å². The fraction of sp³-hybridized carbons (Fsp3) is 0.800. The van der Waals surface area contributed by atoms with E-state index in [0.717, 1.165) is 31.6 Å². The third-order valence-electron chi connectivity index (χ3n) is 2.28. The molecule has 4 heteroatoms. The second-order valence-corrected chi connectivity index (χ2v) is 3.51. The molecule has 14 heavy (non-hydrogen) atoms. The zero-order valence-electron chi connectivity index (χ0n) is 8.99. The first-order chi connectivity index (χ1) is 6.81. The molecule has 0 unspecified atom stereocenters. The largest absolute Gasteiger partial charge is 0.424 e. The average molecular weight is 197 g/mol. The Bertz CT molecular complexity index is 254. The van der Waals surface area contributed by atoms with Gasteiger partial charge in [-0.25, -0.2) is 0 Å². The molecule has 0 bridgehead atoms. The number of nitrogens with two attached hydrogens (primary N) is 1. The van der Waals surface area contributed by atoms with Crippen LogP contribution in [0, 0.1) is 0 Å². The topological polar surface area (TPSA) is 64.9 Å². The third-order valence-corrected chi connectivity index (χ3v) is 2.28. The van der Waals surface area contributed by atoms with E-state index < -0.39 is 0 Å². The van der Waals surface area contributed by atoms with Crippen molar-refractivity contribution in [3.05, 3.63) is 11.8 Å². The number of aromatic nitrogens is 2. The van der Waals surface area contributed by atoms with Crippen molar-refractivity contribution >= 4 is 0 Å². The molecule has 0 aliphatic rings. The molecule has 1 heterocycles. The number of hydrogen-bond donors (Lipinski definition) is 1. The van der Waals surface area contributed by atoms with Crippen LogP contribution in [0.4, 0.5) is 0 Å². The fourth-order valence-corrected chi connectivity index (χ4v) is 1.60. The quantitative estimate of drug-likeness (QED) is 0.759. The van der Waals surface area contributed by atoms with E-state index in [9.17, 15) is 0 Å². The first-order valence-corrected chi connectivity index (χ1v) is 5.34. The Balaban J connectivity index is 2.65. The molecule has 0 amide bonds. The van der Waals surface area contributed by atoms with Gasteiger partial charge in [0.05, 0.1) is 6.54 Å². The Kier molecular flexibility index (Phi) is 4.59. The van der Waals surface area contributed by atoms with Crippen molar-refractivity contribution < 1.29 is 4.42 Å². The molecule has 0 aliphatic heterocycles. The number of hydrogen-bond acceptors (Lipinski definition) is 4. The predicted octanol–water partition coefficient (Wildman–Crippen LogP) is 2.21. The molecule has 4 nitrogen and oxygen atoms in total. The first-order valence-electron chi connectivity index (χ1n) is 5.34. The Morgan fingerprint density at radius 1 is 1.21 bits per heavy atom. The van der Waals surface area contributed by atoms with Crippen LogP contribution in [0.1, 0.15) is 57.2 Å². The molecular formula is C10H19N3O. The van der Waals surface area contributed by atoms with Crippen molar-refractivity contribution in [1.82, 2.24) is 10.2 Å². The van der Waals surface area contributed by atoms with Crippen molar-refractivity contribution in [2.45, 2.75) is 52.0 Å². The monoisotopic (exact) mass is 197 g/mol. The third kappa shape index (κ3) is 2.80. The van der Waals surface area contributed by atoms with Crippen LogP contribution < -0.4 is 5.73 Å². The summed E-state index contributed by atoms with van der Waals surface area (Å²) in [5.41, 5.74) is 5.41. The summed E-state index contributed by atoms with van der Waals surface area (Å²) >= 11 is 0.